The molecule has 0 aliphatic carbocycles. The van der Waals surface area contributed by atoms with Crippen LogP contribution in [0.25, 0.3) is 0 Å². The average Bonchev–Trinajstić information content (AvgIpc) is 2.49. The summed E-state index contributed by atoms with van der Waals surface area (Å²) in [5, 5.41) is 7.75. The van der Waals surface area contributed by atoms with Crippen molar-refractivity contribution in [1.29, 1.82) is 0 Å². The van der Waals surface area contributed by atoms with Crippen LogP contribution in [0.4, 0.5) is 5.95 Å². The minimum Gasteiger partial charge on any atom is -0.381 e. The van der Waals surface area contributed by atoms with Gasteiger partial charge in [0.2, 0.25) is 5.95 Å². The minimum atomic E-state index is 0.263. The highest BCUT2D eigenvalue weighted by molar-refractivity contribution is 5.19. The van der Waals surface area contributed by atoms with Gasteiger partial charge in [0.05, 0.1) is 0 Å². The third-order valence-electron chi connectivity index (χ3n) is 2.72. The lowest BCUT2D eigenvalue weighted by molar-refractivity contribution is 0.0447. The van der Waals surface area contributed by atoms with E-state index in [2.05, 4.69) is 17.1 Å². The summed E-state index contributed by atoms with van der Waals surface area (Å²) in [5.41, 5.74) is 5.53. The number of nitrogens with two attached hydrogens (primary N) is 2. The Hall–Kier alpha value is -1.30. The molecule has 1 saturated heterocycles. The molecule has 6 heteroatoms. The van der Waals surface area contributed by atoms with Crippen LogP contribution in [0.15, 0.2) is 0 Å². The molecule has 2 atom stereocenters. The second-order valence-electron chi connectivity index (χ2n) is 3.73. The van der Waals surface area contributed by atoms with Crippen molar-refractivity contribution < 1.29 is 4.74 Å². The molecule has 1 fully saturated rings. The van der Waals surface area contributed by atoms with Gasteiger partial charge in [-0.05, 0) is 12.3 Å². The molecule has 0 radical (unpaired) electrons. The van der Waals surface area contributed by atoms with E-state index in [1.54, 1.807) is 0 Å². The number of hydrogen-bond acceptors (Lipinski definition) is 5. The molecule has 0 bridgehead atoms. The van der Waals surface area contributed by atoms with E-state index in [1.165, 1.54) is 4.68 Å². The zero-order valence-corrected chi connectivity index (χ0v) is 8.18. The van der Waals surface area contributed by atoms with Crippen LogP contribution in [-0.2, 0) is 4.74 Å². The van der Waals surface area contributed by atoms with E-state index in [4.69, 9.17) is 16.3 Å². The maximum atomic E-state index is 5.72. The lowest BCUT2D eigenvalue weighted by Crippen LogP contribution is -2.28. The Balaban J connectivity index is 2.24. The summed E-state index contributed by atoms with van der Waals surface area (Å²) in [6, 6.07) is 0. The molecule has 1 aromatic rings. The fraction of sp³-hybridized carbons (Fsp3) is 0.750. The zero-order valence-electron chi connectivity index (χ0n) is 8.18. The van der Waals surface area contributed by atoms with Gasteiger partial charge >= 0.3 is 0 Å². The van der Waals surface area contributed by atoms with E-state index in [-0.39, 0.29) is 5.95 Å². The second-order valence-corrected chi connectivity index (χ2v) is 3.73. The summed E-state index contributed by atoms with van der Waals surface area (Å²) in [6.45, 7) is 3.62. The van der Waals surface area contributed by atoms with Crippen LogP contribution >= 0.6 is 0 Å². The van der Waals surface area contributed by atoms with Gasteiger partial charge in [-0.1, -0.05) is 6.92 Å². The van der Waals surface area contributed by atoms with Gasteiger partial charge < -0.3 is 16.3 Å². The van der Waals surface area contributed by atoms with Crippen LogP contribution in [0, 0.1) is 5.92 Å². The molecule has 78 valence electrons. The predicted octanol–water partition coefficient (Wildman–Crippen LogP) is -0.286. The second kappa shape index (κ2) is 3.45. The first-order chi connectivity index (χ1) is 6.70. The lowest BCUT2D eigenvalue weighted by atomic mass is 9.89. The van der Waals surface area contributed by atoms with Crippen molar-refractivity contribution in [3.05, 3.63) is 5.82 Å². The van der Waals surface area contributed by atoms with Crippen LogP contribution in [0.2, 0.25) is 0 Å². The van der Waals surface area contributed by atoms with Gasteiger partial charge in [-0.2, -0.15) is 0 Å². The fourth-order valence-corrected chi connectivity index (χ4v) is 1.83. The number of nitrogens with zero attached hydrogens (tertiary/aromatic N) is 3. The molecular formula is C8H15N5O. The maximum Gasteiger partial charge on any atom is 0.240 e. The molecule has 1 aliphatic heterocycles. The van der Waals surface area contributed by atoms with E-state index >= 15 is 0 Å². The van der Waals surface area contributed by atoms with E-state index < -0.39 is 0 Å². The first kappa shape index (κ1) is 9.26. The van der Waals surface area contributed by atoms with Crippen LogP contribution in [0.1, 0.15) is 25.1 Å². The lowest BCUT2D eigenvalue weighted by Gasteiger charge is -2.27. The Morgan fingerprint density at radius 3 is 2.86 bits per heavy atom. The first-order valence-corrected chi connectivity index (χ1v) is 4.73. The highest BCUT2D eigenvalue weighted by atomic mass is 16.5. The Kier molecular flexibility index (Phi) is 2.28. The number of hydrogen-bond donors (Lipinski definition) is 2. The Bertz CT molecular complexity index is 324. The molecule has 14 heavy (non-hydrogen) atoms. The third kappa shape index (κ3) is 1.41. The standard InChI is InChI=1S/C8H15N5O/c1-5-4-14-3-2-6(5)7-11-12-8(9)13(7)10/h5-6H,2-4,10H2,1H3,(H2,9,12). The summed E-state index contributed by atoms with van der Waals surface area (Å²) < 4.78 is 6.72. The van der Waals surface area contributed by atoms with E-state index in [1.807, 2.05) is 0 Å². The largest absolute Gasteiger partial charge is 0.381 e. The van der Waals surface area contributed by atoms with Crippen molar-refractivity contribution in [3.8, 4) is 0 Å². The molecule has 1 aliphatic rings. The summed E-state index contributed by atoms with van der Waals surface area (Å²) in [7, 11) is 0. The minimum absolute atomic E-state index is 0.263. The molecule has 0 amide bonds. The topological polar surface area (TPSA) is 92.0 Å². The molecule has 2 unspecified atom stereocenters. The zero-order chi connectivity index (χ0) is 10.1. The molecule has 2 heterocycles. The molecular weight excluding hydrogens is 182 g/mol. The van der Waals surface area contributed by atoms with Crippen molar-refractivity contribution in [2.24, 2.45) is 5.92 Å². The van der Waals surface area contributed by atoms with E-state index in [0.29, 0.717) is 11.8 Å². The Labute approximate surface area is 82.2 Å². The van der Waals surface area contributed by atoms with Gasteiger partial charge in [0.1, 0.15) is 0 Å². The summed E-state index contributed by atoms with van der Waals surface area (Å²) in [5.74, 6) is 7.46. The quantitative estimate of drug-likeness (QED) is 0.604. The molecule has 2 rings (SSSR count). The number of aromatic nitrogens is 3. The molecule has 0 aromatic carbocycles. The number of nitrogen functional groups attached to an aromatic ring is 2. The normalized spacial score (nSPS) is 27.8. The average molecular weight is 197 g/mol. The van der Waals surface area contributed by atoms with Crippen molar-refractivity contribution in [2.75, 3.05) is 24.8 Å². The third-order valence-corrected chi connectivity index (χ3v) is 2.72. The SMILES string of the molecule is CC1COCCC1c1nnc(N)n1N. The van der Waals surface area contributed by atoms with Crippen LogP contribution in [0.5, 0.6) is 0 Å². The molecule has 0 spiro atoms. The highest BCUT2D eigenvalue weighted by Gasteiger charge is 2.28. The first-order valence-electron chi connectivity index (χ1n) is 4.73. The van der Waals surface area contributed by atoms with Gasteiger partial charge in [-0.3, -0.25) is 0 Å². The summed E-state index contributed by atoms with van der Waals surface area (Å²) in [6.07, 6.45) is 0.927. The number of anilines is 1. The highest BCUT2D eigenvalue weighted by Crippen LogP contribution is 2.30. The van der Waals surface area contributed by atoms with Crippen LogP contribution < -0.4 is 11.6 Å². The van der Waals surface area contributed by atoms with E-state index in [9.17, 15) is 0 Å². The van der Waals surface area contributed by atoms with Crippen molar-refractivity contribution in [1.82, 2.24) is 14.9 Å². The molecule has 0 saturated carbocycles. The van der Waals surface area contributed by atoms with Gasteiger partial charge in [-0.25, -0.2) is 4.68 Å². The molecule has 4 N–H and O–H groups in total. The van der Waals surface area contributed by atoms with Gasteiger partial charge in [0, 0.05) is 19.1 Å². The Morgan fingerprint density at radius 2 is 2.29 bits per heavy atom. The van der Waals surface area contributed by atoms with Gasteiger partial charge in [0.15, 0.2) is 5.82 Å². The van der Waals surface area contributed by atoms with E-state index in [0.717, 1.165) is 25.5 Å². The molecule has 1 aromatic heterocycles. The van der Waals surface area contributed by atoms with Crippen LogP contribution in [0.3, 0.4) is 0 Å². The van der Waals surface area contributed by atoms with Crippen LogP contribution in [-0.4, -0.2) is 28.1 Å². The van der Waals surface area contributed by atoms with Crippen molar-refractivity contribution >= 4 is 5.95 Å². The monoisotopic (exact) mass is 197 g/mol. The van der Waals surface area contributed by atoms with Gasteiger partial charge in [-0.15, -0.1) is 10.2 Å². The predicted molar refractivity (Wildman–Crippen MR) is 51.9 cm³/mol. The fourth-order valence-electron chi connectivity index (χ4n) is 1.83. The summed E-state index contributed by atoms with van der Waals surface area (Å²) >= 11 is 0. The van der Waals surface area contributed by atoms with Crippen molar-refractivity contribution in [2.45, 2.75) is 19.3 Å². The van der Waals surface area contributed by atoms with Gasteiger partial charge in [0.25, 0.3) is 0 Å². The van der Waals surface area contributed by atoms with Crippen molar-refractivity contribution in [3.63, 3.8) is 0 Å². The number of ether oxygens (including phenoxy) is 1. The molecule has 6 nitrogen and oxygen atoms in total. The Morgan fingerprint density at radius 1 is 1.50 bits per heavy atom. The maximum absolute atomic E-state index is 5.72. The summed E-state index contributed by atoms with van der Waals surface area (Å²) in [4.78, 5) is 0. The number of rotatable bonds is 1. The smallest absolute Gasteiger partial charge is 0.240 e.